The highest BCUT2D eigenvalue weighted by molar-refractivity contribution is 5.90. The second-order valence-corrected chi connectivity index (χ2v) is 6.77. The quantitative estimate of drug-likeness (QED) is 0.674. The number of nitrogens with zero attached hydrogens (tertiary/aromatic N) is 4. The van der Waals surface area contributed by atoms with Gasteiger partial charge in [-0.15, -0.1) is 0 Å². The van der Waals surface area contributed by atoms with Crippen LogP contribution in [-0.2, 0) is 4.79 Å². The van der Waals surface area contributed by atoms with Gasteiger partial charge in [0.2, 0.25) is 5.91 Å². The first-order valence-electron chi connectivity index (χ1n) is 8.97. The second-order valence-electron chi connectivity index (χ2n) is 6.77. The summed E-state index contributed by atoms with van der Waals surface area (Å²) in [7, 11) is 0. The number of amides is 1. The summed E-state index contributed by atoms with van der Waals surface area (Å²) in [6.07, 6.45) is 6.08. The van der Waals surface area contributed by atoms with Gasteiger partial charge in [0, 0.05) is 19.0 Å². The number of aromatic nitrogens is 2. The normalized spacial score (nSPS) is 17.4. The van der Waals surface area contributed by atoms with Crippen LogP contribution in [0.15, 0.2) is 35.4 Å². The summed E-state index contributed by atoms with van der Waals surface area (Å²) in [6, 6.07) is 10.2. The molecule has 2 fully saturated rings. The van der Waals surface area contributed by atoms with E-state index in [0.717, 1.165) is 48.7 Å². The van der Waals surface area contributed by atoms with E-state index in [0.29, 0.717) is 0 Å². The molecule has 6 heteroatoms. The Kier molecular flexibility index (Phi) is 4.26. The molecular weight excluding hydrogens is 314 g/mol. The zero-order valence-corrected chi connectivity index (χ0v) is 14.5. The van der Waals surface area contributed by atoms with Crippen molar-refractivity contribution >= 4 is 17.9 Å². The molecule has 0 spiro atoms. The maximum Gasteiger partial charge on any atom is 0.243 e. The van der Waals surface area contributed by atoms with Crippen molar-refractivity contribution in [3.8, 4) is 5.69 Å². The van der Waals surface area contributed by atoms with Gasteiger partial charge in [-0.2, -0.15) is 10.2 Å². The van der Waals surface area contributed by atoms with E-state index in [-0.39, 0.29) is 11.8 Å². The number of anilines is 1. The Morgan fingerprint density at radius 3 is 2.64 bits per heavy atom. The van der Waals surface area contributed by atoms with Crippen LogP contribution < -0.4 is 10.3 Å². The lowest BCUT2D eigenvalue weighted by Crippen LogP contribution is -2.23. The molecule has 25 heavy (non-hydrogen) atoms. The van der Waals surface area contributed by atoms with Crippen LogP contribution in [0.5, 0.6) is 0 Å². The molecule has 1 aromatic heterocycles. The first kappa shape index (κ1) is 15.9. The van der Waals surface area contributed by atoms with Crippen LogP contribution in [0, 0.1) is 12.8 Å². The molecule has 1 N–H and O–H groups in total. The largest absolute Gasteiger partial charge is 0.356 e. The Hall–Kier alpha value is -2.63. The van der Waals surface area contributed by atoms with E-state index in [1.165, 1.54) is 12.8 Å². The van der Waals surface area contributed by atoms with Crippen molar-refractivity contribution in [2.75, 3.05) is 18.0 Å². The molecule has 1 saturated heterocycles. The van der Waals surface area contributed by atoms with Crippen molar-refractivity contribution in [2.24, 2.45) is 11.0 Å². The monoisotopic (exact) mass is 337 g/mol. The van der Waals surface area contributed by atoms with Gasteiger partial charge in [0.25, 0.3) is 0 Å². The topological polar surface area (TPSA) is 62.5 Å². The summed E-state index contributed by atoms with van der Waals surface area (Å²) >= 11 is 0. The molecule has 0 bridgehead atoms. The zero-order chi connectivity index (χ0) is 17.2. The lowest BCUT2D eigenvalue weighted by molar-refractivity contribution is -0.122. The predicted molar refractivity (Wildman–Crippen MR) is 98.2 cm³/mol. The van der Waals surface area contributed by atoms with Gasteiger partial charge >= 0.3 is 0 Å². The molecule has 2 aromatic rings. The molecule has 6 nitrogen and oxygen atoms in total. The zero-order valence-electron chi connectivity index (χ0n) is 14.5. The lowest BCUT2D eigenvalue weighted by Gasteiger charge is -2.20. The summed E-state index contributed by atoms with van der Waals surface area (Å²) in [5.41, 5.74) is 5.58. The van der Waals surface area contributed by atoms with Gasteiger partial charge < -0.3 is 4.90 Å². The van der Waals surface area contributed by atoms with Crippen LogP contribution in [-0.4, -0.2) is 35.0 Å². The number of hydrazone groups is 1. The number of para-hydroxylation sites is 1. The molecule has 130 valence electrons. The van der Waals surface area contributed by atoms with E-state index in [2.05, 4.69) is 27.6 Å². The highest BCUT2D eigenvalue weighted by Gasteiger charge is 2.29. The number of aryl methyl sites for hydroxylation is 1. The number of benzene rings is 1. The molecule has 2 heterocycles. The molecule has 1 saturated carbocycles. The van der Waals surface area contributed by atoms with Gasteiger partial charge in [-0.3, -0.25) is 4.79 Å². The number of carbonyl (C=O) groups is 1. The van der Waals surface area contributed by atoms with Gasteiger partial charge in [-0.25, -0.2) is 10.1 Å². The molecule has 0 atom stereocenters. The van der Waals surface area contributed by atoms with Gasteiger partial charge in [0.1, 0.15) is 5.82 Å². The first-order chi connectivity index (χ1) is 12.2. The third-order valence-electron chi connectivity index (χ3n) is 4.80. The van der Waals surface area contributed by atoms with Gasteiger partial charge in [0.05, 0.1) is 23.2 Å². The van der Waals surface area contributed by atoms with Crippen LogP contribution in [0.4, 0.5) is 5.82 Å². The fourth-order valence-electron chi connectivity index (χ4n) is 3.26. The van der Waals surface area contributed by atoms with E-state index >= 15 is 0 Å². The Morgan fingerprint density at radius 1 is 1.24 bits per heavy atom. The highest BCUT2D eigenvalue weighted by atomic mass is 16.2. The third kappa shape index (κ3) is 3.29. The predicted octanol–water partition coefficient (Wildman–Crippen LogP) is 2.64. The number of hydrogen-bond donors (Lipinski definition) is 1. The fraction of sp³-hybridized carbons (Fsp3) is 0.421. The van der Waals surface area contributed by atoms with E-state index in [1.54, 1.807) is 6.21 Å². The maximum absolute atomic E-state index is 11.8. The minimum atomic E-state index is 0.0204. The minimum Gasteiger partial charge on any atom is -0.356 e. The van der Waals surface area contributed by atoms with Gasteiger partial charge in [0.15, 0.2) is 0 Å². The second kappa shape index (κ2) is 6.70. The fourth-order valence-corrected chi connectivity index (χ4v) is 3.26. The van der Waals surface area contributed by atoms with Crippen molar-refractivity contribution in [3.05, 3.63) is 41.6 Å². The van der Waals surface area contributed by atoms with Crippen LogP contribution in [0.2, 0.25) is 0 Å². The van der Waals surface area contributed by atoms with Crippen LogP contribution in [0.3, 0.4) is 0 Å². The van der Waals surface area contributed by atoms with Crippen LogP contribution in [0.1, 0.15) is 36.9 Å². The summed E-state index contributed by atoms with van der Waals surface area (Å²) in [6.45, 7) is 4.03. The molecular formula is C19H23N5O. The minimum absolute atomic E-state index is 0.0204. The molecule has 1 aliphatic heterocycles. The number of nitrogens with one attached hydrogen (secondary N) is 1. The van der Waals surface area contributed by atoms with Crippen LogP contribution in [0.25, 0.3) is 5.69 Å². The van der Waals surface area contributed by atoms with Crippen molar-refractivity contribution in [3.63, 3.8) is 0 Å². The summed E-state index contributed by atoms with van der Waals surface area (Å²) in [4.78, 5) is 14.2. The summed E-state index contributed by atoms with van der Waals surface area (Å²) < 4.78 is 1.99. The van der Waals surface area contributed by atoms with Crippen LogP contribution >= 0.6 is 0 Å². The van der Waals surface area contributed by atoms with Crippen molar-refractivity contribution in [1.29, 1.82) is 0 Å². The van der Waals surface area contributed by atoms with Gasteiger partial charge in [-0.05, 0) is 44.7 Å². The molecule has 1 aliphatic carbocycles. The molecule has 4 rings (SSSR count). The molecule has 2 aliphatic rings. The number of carbonyl (C=O) groups excluding carboxylic acids is 1. The molecule has 1 aromatic carbocycles. The molecule has 1 amide bonds. The Bertz CT molecular complexity index is 786. The average molecular weight is 337 g/mol. The first-order valence-corrected chi connectivity index (χ1v) is 8.97. The van der Waals surface area contributed by atoms with Crippen molar-refractivity contribution < 1.29 is 4.79 Å². The Balaban J connectivity index is 1.68. The Labute approximate surface area is 147 Å². The standard InChI is InChI=1S/C19H23N5O/c1-14-17(13-20-21-18(25)15-9-10-15)19(23-11-5-6-12-23)24(22-14)16-7-3-2-4-8-16/h2-4,7-8,13,15H,5-6,9-12H2,1H3,(H,21,25). The van der Waals surface area contributed by atoms with E-state index < -0.39 is 0 Å². The SMILES string of the molecule is Cc1nn(-c2ccccc2)c(N2CCCC2)c1C=NNC(=O)C1CC1. The third-order valence-corrected chi connectivity index (χ3v) is 4.80. The van der Waals surface area contributed by atoms with Gasteiger partial charge in [-0.1, -0.05) is 18.2 Å². The molecule has 0 radical (unpaired) electrons. The Morgan fingerprint density at radius 2 is 1.96 bits per heavy atom. The highest BCUT2D eigenvalue weighted by Crippen LogP contribution is 2.30. The maximum atomic E-state index is 11.8. The number of hydrogen-bond acceptors (Lipinski definition) is 4. The number of rotatable bonds is 5. The van der Waals surface area contributed by atoms with E-state index in [1.807, 2.05) is 29.8 Å². The smallest absolute Gasteiger partial charge is 0.243 e. The van der Waals surface area contributed by atoms with E-state index in [9.17, 15) is 4.79 Å². The van der Waals surface area contributed by atoms with Crippen molar-refractivity contribution in [2.45, 2.75) is 32.6 Å². The lowest BCUT2D eigenvalue weighted by atomic mass is 10.2. The van der Waals surface area contributed by atoms with Crippen molar-refractivity contribution in [1.82, 2.24) is 15.2 Å². The summed E-state index contributed by atoms with van der Waals surface area (Å²) in [5, 5.41) is 8.94. The molecule has 0 unspecified atom stereocenters. The summed E-state index contributed by atoms with van der Waals surface area (Å²) in [5.74, 6) is 1.24. The van der Waals surface area contributed by atoms with E-state index in [4.69, 9.17) is 5.10 Å². The average Bonchev–Trinajstić information content (AvgIpc) is 3.25.